The van der Waals surface area contributed by atoms with Gasteiger partial charge in [-0.2, -0.15) is 5.10 Å². The summed E-state index contributed by atoms with van der Waals surface area (Å²) in [5.41, 5.74) is 1.66. The fourth-order valence-corrected chi connectivity index (χ4v) is 4.24. The summed E-state index contributed by atoms with van der Waals surface area (Å²) in [6.07, 6.45) is 5.89. The van der Waals surface area contributed by atoms with Crippen molar-refractivity contribution in [1.82, 2.24) is 25.1 Å². The van der Waals surface area contributed by atoms with Crippen LogP contribution in [0.1, 0.15) is 11.1 Å². The summed E-state index contributed by atoms with van der Waals surface area (Å²) in [5, 5.41) is 7.64. The Hall–Kier alpha value is -3.39. The standard InChI is InChI=1S/C19H12Cl2N6O3S/c1-30-19-15(7-14(20)10-24-19)31(28,29)27-18-16(21)12(4-5-22-18)3-2-11-6-13-9-25-26-17(13)23-8-11/h4-10H,1H3,(H,22,27)(H,23,25,26). The Balaban J connectivity index is 1.66. The third-order valence-electron chi connectivity index (χ3n) is 4.02. The van der Waals surface area contributed by atoms with Crippen LogP contribution in [-0.4, -0.2) is 40.7 Å². The lowest BCUT2D eigenvalue weighted by molar-refractivity contribution is 0.385. The van der Waals surface area contributed by atoms with Crippen LogP contribution in [0.15, 0.2) is 47.9 Å². The van der Waals surface area contributed by atoms with Crippen LogP contribution in [0.25, 0.3) is 11.0 Å². The Morgan fingerprint density at radius 1 is 1.10 bits per heavy atom. The molecule has 0 spiro atoms. The van der Waals surface area contributed by atoms with Gasteiger partial charge in [0.1, 0.15) is 0 Å². The number of H-pyrrole nitrogens is 1. The summed E-state index contributed by atoms with van der Waals surface area (Å²) in [7, 11) is -2.84. The van der Waals surface area contributed by atoms with Crippen molar-refractivity contribution in [3.63, 3.8) is 0 Å². The van der Waals surface area contributed by atoms with Gasteiger partial charge >= 0.3 is 0 Å². The minimum atomic E-state index is -4.14. The Morgan fingerprint density at radius 2 is 1.94 bits per heavy atom. The molecule has 156 valence electrons. The Kier molecular flexibility index (Phi) is 5.65. The summed E-state index contributed by atoms with van der Waals surface area (Å²) in [4.78, 5) is 11.8. The predicted octanol–water partition coefficient (Wildman–Crippen LogP) is 3.26. The van der Waals surface area contributed by atoms with E-state index in [1.54, 1.807) is 18.5 Å². The second-order valence-electron chi connectivity index (χ2n) is 6.07. The number of sulfonamides is 1. The maximum absolute atomic E-state index is 12.8. The molecule has 0 fully saturated rings. The highest BCUT2D eigenvalue weighted by atomic mass is 35.5. The van der Waals surface area contributed by atoms with Gasteiger partial charge in [0.25, 0.3) is 10.0 Å². The highest BCUT2D eigenvalue weighted by Gasteiger charge is 2.23. The number of methoxy groups -OCH3 is 1. The largest absolute Gasteiger partial charge is 0.480 e. The lowest BCUT2D eigenvalue weighted by Crippen LogP contribution is -2.16. The smallest absolute Gasteiger partial charge is 0.268 e. The number of hydrogen-bond acceptors (Lipinski definition) is 7. The van der Waals surface area contributed by atoms with Crippen molar-refractivity contribution in [2.24, 2.45) is 0 Å². The molecule has 12 heteroatoms. The SMILES string of the molecule is COc1ncc(Cl)cc1S(=O)(=O)Nc1nccc(C#Cc2cnc3[nH]ncc3c2)c1Cl. The molecule has 4 rings (SSSR count). The third kappa shape index (κ3) is 4.39. The molecule has 9 nitrogen and oxygen atoms in total. The maximum Gasteiger partial charge on any atom is 0.268 e. The number of anilines is 1. The van der Waals surface area contributed by atoms with Gasteiger partial charge in [-0.05, 0) is 18.2 Å². The highest BCUT2D eigenvalue weighted by molar-refractivity contribution is 7.92. The lowest BCUT2D eigenvalue weighted by atomic mass is 10.2. The van der Waals surface area contributed by atoms with Crippen molar-refractivity contribution in [2.45, 2.75) is 4.90 Å². The number of hydrogen-bond donors (Lipinski definition) is 2. The van der Waals surface area contributed by atoms with E-state index in [0.717, 1.165) is 5.39 Å². The third-order valence-corrected chi connectivity index (χ3v) is 5.94. The van der Waals surface area contributed by atoms with Crippen LogP contribution in [0.5, 0.6) is 5.88 Å². The number of fused-ring (bicyclic) bond motifs is 1. The molecule has 0 unspecified atom stereocenters. The molecular weight excluding hydrogens is 463 g/mol. The number of rotatable bonds is 4. The second kappa shape index (κ2) is 8.39. The zero-order chi connectivity index (χ0) is 22.0. The molecule has 4 aromatic rings. The average molecular weight is 475 g/mol. The summed E-state index contributed by atoms with van der Waals surface area (Å²) in [6, 6.07) is 4.60. The van der Waals surface area contributed by atoms with Gasteiger partial charge in [-0.3, -0.25) is 9.82 Å². The molecule has 0 aliphatic heterocycles. The van der Waals surface area contributed by atoms with Crippen LogP contribution < -0.4 is 9.46 Å². The van der Waals surface area contributed by atoms with Crippen LogP contribution in [0.4, 0.5) is 5.82 Å². The zero-order valence-corrected chi connectivity index (χ0v) is 18.0. The monoisotopic (exact) mass is 474 g/mol. The zero-order valence-electron chi connectivity index (χ0n) is 15.7. The molecule has 0 atom stereocenters. The van der Waals surface area contributed by atoms with Crippen LogP contribution in [0, 0.1) is 11.8 Å². The van der Waals surface area contributed by atoms with Gasteiger partial charge in [-0.1, -0.05) is 35.0 Å². The molecule has 0 saturated heterocycles. The van der Waals surface area contributed by atoms with Crippen molar-refractivity contribution in [2.75, 3.05) is 11.8 Å². The first-order valence-corrected chi connectivity index (χ1v) is 10.8. The summed E-state index contributed by atoms with van der Waals surface area (Å²) in [6.45, 7) is 0. The van der Waals surface area contributed by atoms with E-state index in [-0.39, 0.29) is 26.6 Å². The van der Waals surface area contributed by atoms with Gasteiger partial charge in [0.2, 0.25) is 5.88 Å². The second-order valence-corrected chi connectivity index (χ2v) is 8.53. The van der Waals surface area contributed by atoms with Gasteiger partial charge in [0, 0.05) is 35.1 Å². The molecule has 0 radical (unpaired) electrons. The fourth-order valence-electron chi connectivity index (χ4n) is 2.59. The molecule has 0 aliphatic carbocycles. The Labute approximate surface area is 186 Å². The minimum Gasteiger partial charge on any atom is -0.480 e. The van der Waals surface area contributed by atoms with E-state index in [0.29, 0.717) is 16.8 Å². The van der Waals surface area contributed by atoms with Gasteiger partial charge in [0.05, 0.1) is 23.4 Å². The molecule has 4 aromatic heterocycles. The van der Waals surface area contributed by atoms with Gasteiger partial charge in [-0.25, -0.2) is 23.4 Å². The normalized spacial score (nSPS) is 11.1. The van der Waals surface area contributed by atoms with E-state index in [9.17, 15) is 8.42 Å². The van der Waals surface area contributed by atoms with Crippen LogP contribution in [0.3, 0.4) is 0 Å². The molecule has 0 bridgehead atoms. The number of nitrogens with one attached hydrogen (secondary N) is 2. The van der Waals surface area contributed by atoms with E-state index in [1.807, 2.05) is 6.07 Å². The molecular formula is C19H12Cl2N6O3S. The number of nitrogens with zero attached hydrogens (tertiary/aromatic N) is 4. The first-order valence-electron chi connectivity index (χ1n) is 8.55. The number of aromatic amines is 1. The quantitative estimate of drug-likeness (QED) is 0.435. The van der Waals surface area contributed by atoms with Crippen molar-refractivity contribution >= 4 is 50.1 Å². The van der Waals surface area contributed by atoms with E-state index in [4.69, 9.17) is 27.9 Å². The summed E-state index contributed by atoms with van der Waals surface area (Å²) >= 11 is 12.2. The van der Waals surface area contributed by atoms with Gasteiger partial charge in [-0.15, -0.1) is 0 Å². The Bertz CT molecular complexity index is 1460. The molecule has 0 saturated carbocycles. The van der Waals surface area contributed by atoms with Crippen LogP contribution >= 0.6 is 23.2 Å². The number of ether oxygens (including phenoxy) is 1. The minimum absolute atomic E-state index is 0.0323. The fraction of sp³-hybridized carbons (Fsp3) is 0.0526. The number of halogens is 2. The van der Waals surface area contributed by atoms with Crippen molar-refractivity contribution in [1.29, 1.82) is 0 Å². The molecule has 0 aromatic carbocycles. The van der Waals surface area contributed by atoms with Crippen LogP contribution in [0.2, 0.25) is 10.0 Å². The van der Waals surface area contributed by atoms with E-state index >= 15 is 0 Å². The van der Waals surface area contributed by atoms with Crippen molar-refractivity contribution in [3.05, 3.63) is 64.2 Å². The highest BCUT2D eigenvalue weighted by Crippen LogP contribution is 2.29. The molecule has 0 aliphatic rings. The van der Waals surface area contributed by atoms with Crippen molar-refractivity contribution < 1.29 is 13.2 Å². The predicted molar refractivity (Wildman–Crippen MR) is 116 cm³/mol. The first-order chi connectivity index (χ1) is 14.9. The molecule has 0 amide bonds. The molecule has 4 heterocycles. The van der Waals surface area contributed by atoms with Gasteiger partial charge < -0.3 is 4.74 Å². The first kappa shape index (κ1) is 20.9. The Morgan fingerprint density at radius 3 is 2.74 bits per heavy atom. The maximum atomic E-state index is 12.8. The lowest BCUT2D eigenvalue weighted by Gasteiger charge is -2.11. The molecule has 2 N–H and O–H groups in total. The average Bonchev–Trinajstić information content (AvgIpc) is 3.22. The van der Waals surface area contributed by atoms with Gasteiger partial charge in [0.15, 0.2) is 16.4 Å². The molecule has 31 heavy (non-hydrogen) atoms. The number of pyridine rings is 3. The van der Waals surface area contributed by atoms with Crippen LogP contribution in [-0.2, 0) is 10.0 Å². The number of aromatic nitrogens is 5. The van der Waals surface area contributed by atoms with E-state index < -0.39 is 10.0 Å². The van der Waals surface area contributed by atoms with Crippen molar-refractivity contribution in [3.8, 4) is 17.7 Å². The van der Waals surface area contributed by atoms with E-state index in [1.165, 1.54) is 25.6 Å². The summed E-state index contributed by atoms with van der Waals surface area (Å²) in [5.74, 6) is 5.62. The topological polar surface area (TPSA) is 123 Å². The van der Waals surface area contributed by atoms with E-state index in [2.05, 4.69) is 41.7 Å². The summed E-state index contributed by atoms with van der Waals surface area (Å²) < 4.78 is 33.0.